The lowest BCUT2D eigenvalue weighted by atomic mass is 9.93. The molecular weight excluding hydrogens is 426 g/mol. The largest absolute Gasteiger partial charge is 0.352 e. The summed E-state index contributed by atoms with van der Waals surface area (Å²) in [5.41, 5.74) is 1.13. The Morgan fingerprint density at radius 3 is 2.41 bits per heavy atom. The van der Waals surface area contributed by atoms with Crippen molar-refractivity contribution in [2.24, 2.45) is 5.92 Å². The Morgan fingerprint density at radius 2 is 1.78 bits per heavy atom. The van der Waals surface area contributed by atoms with Gasteiger partial charge in [0.05, 0.1) is 6.61 Å². The summed E-state index contributed by atoms with van der Waals surface area (Å²) in [5.74, 6) is 1.63. The van der Waals surface area contributed by atoms with Gasteiger partial charge in [0.2, 0.25) is 4.93 Å². The van der Waals surface area contributed by atoms with E-state index in [2.05, 4.69) is 15.0 Å². The summed E-state index contributed by atoms with van der Waals surface area (Å²) >= 11 is 0. The van der Waals surface area contributed by atoms with Crippen LogP contribution in [0.5, 0.6) is 0 Å². The number of hydrogen-bond donors (Lipinski definition) is 0. The van der Waals surface area contributed by atoms with E-state index in [9.17, 15) is 8.42 Å². The Morgan fingerprint density at radius 1 is 1.09 bits per heavy atom. The van der Waals surface area contributed by atoms with Crippen LogP contribution in [0.4, 0.5) is 6.01 Å². The second-order valence-corrected chi connectivity index (χ2v) is 11.3. The molecule has 1 aliphatic heterocycles. The lowest BCUT2D eigenvalue weighted by Crippen LogP contribution is -2.41. The molecule has 0 N–H and O–H groups in total. The van der Waals surface area contributed by atoms with Gasteiger partial charge in [-0.15, -0.1) is 0 Å². The van der Waals surface area contributed by atoms with Gasteiger partial charge < -0.3 is 14.2 Å². The molecule has 2 heterocycles. The molecule has 2 fully saturated rings. The topological polar surface area (TPSA) is 85.5 Å². The van der Waals surface area contributed by atoms with E-state index in [0.717, 1.165) is 50.2 Å². The van der Waals surface area contributed by atoms with Crippen LogP contribution in [0.25, 0.3) is 0 Å². The lowest BCUT2D eigenvalue weighted by Gasteiger charge is -2.34. The predicted molar refractivity (Wildman–Crippen MR) is 122 cm³/mol. The zero-order valence-corrected chi connectivity index (χ0v) is 19.1. The van der Waals surface area contributed by atoms with Gasteiger partial charge in [-0.3, -0.25) is 0 Å². The predicted octanol–water partition coefficient (Wildman–Crippen LogP) is 3.83. The van der Waals surface area contributed by atoms with Crippen molar-refractivity contribution in [2.75, 3.05) is 30.9 Å². The van der Waals surface area contributed by atoms with Gasteiger partial charge in [0, 0.05) is 31.2 Å². The highest BCUT2D eigenvalue weighted by molar-refractivity contribution is 7.92. The molecule has 7 nitrogen and oxygen atoms in total. The molecule has 0 radical (unpaired) electrons. The molecular formula is C24H29N3O4S. The van der Waals surface area contributed by atoms with Crippen LogP contribution in [0, 0.1) is 5.92 Å². The smallest absolute Gasteiger partial charge is 0.324 e. The highest BCUT2D eigenvalue weighted by atomic mass is 32.2. The quantitative estimate of drug-likeness (QED) is 0.587. The van der Waals surface area contributed by atoms with Crippen LogP contribution >= 0.6 is 0 Å². The van der Waals surface area contributed by atoms with Crippen LogP contribution in [0.15, 0.2) is 59.2 Å². The van der Waals surface area contributed by atoms with Gasteiger partial charge in [-0.2, -0.15) is 4.98 Å². The maximum absolute atomic E-state index is 12.7. The first-order chi connectivity index (χ1) is 15.4. The van der Waals surface area contributed by atoms with Gasteiger partial charge in [-0.05, 0) is 49.3 Å². The van der Waals surface area contributed by atoms with Crippen LogP contribution in [0.2, 0.25) is 0 Å². The van der Waals surface area contributed by atoms with Crippen molar-refractivity contribution in [1.29, 1.82) is 0 Å². The maximum atomic E-state index is 12.7. The molecule has 32 heavy (non-hydrogen) atoms. The van der Waals surface area contributed by atoms with Crippen molar-refractivity contribution in [3.63, 3.8) is 0 Å². The molecule has 0 amide bonds. The van der Waals surface area contributed by atoms with E-state index in [0.29, 0.717) is 18.5 Å². The third-order valence-corrected chi connectivity index (χ3v) is 8.19. The van der Waals surface area contributed by atoms with Gasteiger partial charge in [0.1, 0.15) is 0 Å². The molecule has 2 aliphatic carbocycles. The number of sulfone groups is 1. The molecule has 1 aromatic heterocycles. The van der Waals surface area contributed by atoms with Crippen molar-refractivity contribution in [3.8, 4) is 0 Å². The number of anilines is 1. The molecule has 0 atom stereocenters. The van der Waals surface area contributed by atoms with E-state index in [1.165, 1.54) is 6.26 Å². The minimum atomic E-state index is -3.49. The minimum Gasteiger partial charge on any atom is -0.352 e. The molecule has 3 aliphatic rings. The molecule has 1 aromatic carbocycles. The Bertz CT molecular complexity index is 1080. The number of ether oxygens (including phenoxy) is 1. The van der Waals surface area contributed by atoms with E-state index >= 15 is 0 Å². The normalized spacial score (nSPS) is 26.5. The Labute approximate surface area is 189 Å². The summed E-state index contributed by atoms with van der Waals surface area (Å²) in [7, 11) is -3.49. The van der Waals surface area contributed by atoms with Gasteiger partial charge in [-0.25, -0.2) is 8.42 Å². The highest BCUT2D eigenvalue weighted by Crippen LogP contribution is 2.39. The number of nitrogens with zero attached hydrogens (tertiary/aromatic N) is 3. The second kappa shape index (κ2) is 8.48. The monoisotopic (exact) mass is 455 g/mol. The van der Waals surface area contributed by atoms with Crippen molar-refractivity contribution in [1.82, 2.24) is 10.1 Å². The molecule has 8 heteroatoms. The van der Waals surface area contributed by atoms with Crippen LogP contribution in [-0.4, -0.2) is 49.4 Å². The maximum Gasteiger partial charge on any atom is 0.324 e. The van der Waals surface area contributed by atoms with Crippen molar-refractivity contribution in [2.45, 2.75) is 42.5 Å². The summed E-state index contributed by atoms with van der Waals surface area (Å²) < 4.78 is 36.9. The fourth-order valence-electron chi connectivity index (χ4n) is 4.34. The van der Waals surface area contributed by atoms with Gasteiger partial charge in [0.15, 0.2) is 15.7 Å². The van der Waals surface area contributed by atoms with E-state index in [4.69, 9.17) is 9.26 Å². The van der Waals surface area contributed by atoms with Crippen molar-refractivity contribution < 1.29 is 17.7 Å². The average Bonchev–Trinajstić information content (AvgIpc) is 3.55. The van der Waals surface area contributed by atoms with Crippen molar-refractivity contribution in [3.05, 3.63) is 66.0 Å². The standard InChI is InChI=1S/C24H29N3O4S/c1-32(28,29)24(13-9-20(10-14-24)19-5-3-2-4-6-19)30-17-18-11-15-27(16-12-18)23-25-22(26-31-23)21-7-8-21/h2-6,9-10,13-14,18,20-21H,7-8,11-12,15-17H2,1H3. The molecule has 2 aromatic rings. The third kappa shape index (κ3) is 4.38. The summed E-state index contributed by atoms with van der Waals surface area (Å²) in [6, 6.07) is 10.6. The highest BCUT2D eigenvalue weighted by Gasteiger charge is 2.40. The van der Waals surface area contributed by atoms with E-state index in [1.807, 2.05) is 42.5 Å². The zero-order chi connectivity index (χ0) is 22.2. The number of allylic oxidation sites excluding steroid dienone is 2. The van der Waals surface area contributed by atoms with Crippen LogP contribution in [0.1, 0.15) is 48.9 Å². The van der Waals surface area contributed by atoms with Gasteiger partial charge in [-0.1, -0.05) is 47.6 Å². The summed E-state index contributed by atoms with van der Waals surface area (Å²) in [5, 5.41) is 4.10. The molecule has 170 valence electrons. The van der Waals surface area contributed by atoms with E-state index < -0.39 is 14.8 Å². The zero-order valence-electron chi connectivity index (χ0n) is 18.3. The fraction of sp³-hybridized carbons (Fsp3) is 0.500. The van der Waals surface area contributed by atoms with Gasteiger partial charge >= 0.3 is 6.01 Å². The Kier molecular flexibility index (Phi) is 5.67. The molecule has 1 saturated carbocycles. The molecule has 5 rings (SSSR count). The van der Waals surface area contributed by atoms with Crippen LogP contribution in [0.3, 0.4) is 0 Å². The second-order valence-electron chi connectivity index (χ2n) is 9.10. The van der Waals surface area contributed by atoms with E-state index in [1.54, 1.807) is 12.2 Å². The van der Waals surface area contributed by atoms with Crippen molar-refractivity contribution >= 4 is 15.9 Å². The Balaban J connectivity index is 1.19. The SMILES string of the molecule is CS(=O)(=O)C1(OCC2CCN(c3nc(C4CC4)no3)CC2)C=CC(c2ccccc2)C=C1. The first-order valence-corrected chi connectivity index (χ1v) is 13.2. The fourth-order valence-corrected chi connectivity index (χ4v) is 5.28. The first kappa shape index (κ1) is 21.4. The summed E-state index contributed by atoms with van der Waals surface area (Å²) in [4.78, 5) is 5.25. The molecule has 1 saturated heterocycles. The average molecular weight is 456 g/mol. The summed E-state index contributed by atoms with van der Waals surface area (Å²) in [6.07, 6.45) is 12.6. The number of hydrogen-bond acceptors (Lipinski definition) is 7. The molecule has 0 unspecified atom stereocenters. The molecule has 0 bridgehead atoms. The number of rotatable bonds is 7. The minimum absolute atomic E-state index is 0.0489. The van der Waals surface area contributed by atoms with Gasteiger partial charge in [0.25, 0.3) is 0 Å². The number of benzene rings is 1. The summed E-state index contributed by atoms with van der Waals surface area (Å²) in [6.45, 7) is 1.99. The van der Waals surface area contributed by atoms with Crippen LogP contribution < -0.4 is 4.90 Å². The lowest BCUT2D eigenvalue weighted by molar-refractivity contribution is 0.0481. The molecule has 0 spiro atoms. The number of piperidine rings is 1. The third-order valence-electron chi connectivity index (χ3n) is 6.64. The number of aromatic nitrogens is 2. The van der Waals surface area contributed by atoms with Crippen LogP contribution in [-0.2, 0) is 14.6 Å². The Hall–Kier alpha value is -2.45. The van der Waals surface area contributed by atoms with E-state index in [-0.39, 0.29) is 11.8 Å². The first-order valence-electron chi connectivity index (χ1n) is 11.3.